The molecule has 0 N–H and O–H groups in total. The number of halogens is 1. The van der Waals surface area contributed by atoms with Crippen LogP contribution in [0.1, 0.15) is 54.1 Å². The number of rotatable bonds is 5. The quantitative estimate of drug-likeness (QED) is 0.596. The van der Waals surface area contributed by atoms with Crippen LogP contribution in [0.5, 0.6) is 11.5 Å². The molecule has 1 fully saturated rings. The molecule has 152 valence electrons. The van der Waals surface area contributed by atoms with Crippen molar-refractivity contribution in [2.24, 2.45) is 0 Å². The van der Waals surface area contributed by atoms with Gasteiger partial charge in [0.2, 0.25) is 5.91 Å². The number of likely N-dealkylation sites (tertiary alicyclic amines) is 1. The minimum atomic E-state index is -0.00261. The van der Waals surface area contributed by atoms with Crippen LogP contribution in [-0.2, 0) is 4.79 Å². The minimum Gasteiger partial charge on any atom is -0.490 e. The fourth-order valence-corrected chi connectivity index (χ4v) is 4.21. The summed E-state index contributed by atoms with van der Waals surface area (Å²) in [4.78, 5) is 27.2. The molecule has 0 radical (unpaired) electrons. The van der Waals surface area contributed by atoms with Crippen LogP contribution in [0.4, 0.5) is 0 Å². The van der Waals surface area contributed by atoms with Crippen LogP contribution in [0.25, 0.3) is 0 Å². The van der Waals surface area contributed by atoms with Crippen LogP contribution < -0.4 is 9.47 Å². The first kappa shape index (κ1) is 20.0. The van der Waals surface area contributed by atoms with Crippen molar-refractivity contribution in [3.05, 3.63) is 58.1 Å². The summed E-state index contributed by atoms with van der Waals surface area (Å²) < 4.78 is 12.4. The summed E-state index contributed by atoms with van der Waals surface area (Å²) in [6.07, 6.45) is 3.21. The van der Waals surface area contributed by atoms with Crippen molar-refractivity contribution in [3.8, 4) is 11.5 Å². The standard InChI is InChI=1S/C23H24BrNO4/c24-18-7-4-16(5-8-18)20(26)9-11-23(27)25-12-1-3-19(25)17-6-10-21-22(15-17)29-14-2-13-28-21/h4-8,10,15,19H,1-3,9,11-14H2/t19-/m1/s1. The Morgan fingerprint density at radius 1 is 0.966 bits per heavy atom. The smallest absolute Gasteiger partial charge is 0.223 e. The molecule has 4 rings (SSSR count). The predicted octanol–water partition coefficient (Wildman–Crippen LogP) is 4.94. The third-order valence-corrected chi connectivity index (χ3v) is 5.99. The van der Waals surface area contributed by atoms with E-state index >= 15 is 0 Å². The summed E-state index contributed by atoms with van der Waals surface area (Å²) in [6, 6.07) is 13.3. The maximum atomic E-state index is 12.9. The van der Waals surface area contributed by atoms with E-state index in [-0.39, 0.29) is 30.6 Å². The molecule has 0 unspecified atom stereocenters. The summed E-state index contributed by atoms with van der Waals surface area (Å²) in [5.74, 6) is 1.55. The number of ketones is 1. The third kappa shape index (κ3) is 4.64. The number of amides is 1. The molecule has 6 heteroatoms. The predicted molar refractivity (Wildman–Crippen MR) is 113 cm³/mol. The number of carbonyl (C=O) groups is 2. The zero-order valence-electron chi connectivity index (χ0n) is 16.2. The molecule has 0 spiro atoms. The normalized spacial score (nSPS) is 18.4. The molecular formula is C23H24BrNO4. The average Bonchev–Trinajstić information content (AvgIpc) is 3.11. The van der Waals surface area contributed by atoms with Gasteiger partial charge in [0.1, 0.15) is 0 Å². The van der Waals surface area contributed by atoms with Crippen molar-refractivity contribution in [1.29, 1.82) is 0 Å². The van der Waals surface area contributed by atoms with Crippen LogP contribution in [0.15, 0.2) is 46.9 Å². The monoisotopic (exact) mass is 457 g/mol. The maximum absolute atomic E-state index is 12.9. The molecule has 0 aromatic heterocycles. The Kier molecular flexibility index (Phi) is 6.19. The number of fused-ring (bicyclic) bond motifs is 1. The summed E-state index contributed by atoms with van der Waals surface area (Å²) in [5.41, 5.74) is 1.71. The van der Waals surface area contributed by atoms with Crippen molar-refractivity contribution < 1.29 is 19.1 Å². The molecule has 2 aromatic carbocycles. The fourth-order valence-electron chi connectivity index (χ4n) is 3.94. The first-order valence-corrected chi connectivity index (χ1v) is 10.9. The number of carbonyl (C=O) groups excluding carboxylic acids is 2. The molecule has 1 saturated heterocycles. The average molecular weight is 458 g/mol. The molecule has 2 aliphatic rings. The highest BCUT2D eigenvalue weighted by Gasteiger charge is 2.30. The Labute approximate surface area is 179 Å². The third-order valence-electron chi connectivity index (χ3n) is 5.46. The van der Waals surface area contributed by atoms with E-state index in [2.05, 4.69) is 15.9 Å². The van der Waals surface area contributed by atoms with E-state index in [0.29, 0.717) is 18.8 Å². The Hall–Kier alpha value is -2.34. The van der Waals surface area contributed by atoms with Gasteiger partial charge in [-0.1, -0.05) is 34.1 Å². The second kappa shape index (κ2) is 8.99. The van der Waals surface area contributed by atoms with Gasteiger partial charge in [0.15, 0.2) is 17.3 Å². The zero-order chi connectivity index (χ0) is 20.2. The molecule has 0 aliphatic carbocycles. The Bertz CT molecular complexity index is 896. The SMILES string of the molecule is O=C(CCC(=O)N1CCC[C@@H]1c1ccc2c(c1)OCCCO2)c1ccc(Br)cc1. The van der Waals surface area contributed by atoms with E-state index in [0.717, 1.165) is 47.3 Å². The van der Waals surface area contributed by atoms with Gasteiger partial charge in [-0.15, -0.1) is 0 Å². The van der Waals surface area contributed by atoms with Crippen LogP contribution in [0.3, 0.4) is 0 Å². The van der Waals surface area contributed by atoms with Crippen molar-refractivity contribution in [1.82, 2.24) is 4.90 Å². The van der Waals surface area contributed by atoms with Crippen molar-refractivity contribution in [2.75, 3.05) is 19.8 Å². The minimum absolute atomic E-state index is 0.00261. The van der Waals surface area contributed by atoms with Gasteiger partial charge in [-0.2, -0.15) is 0 Å². The molecule has 0 saturated carbocycles. The number of hydrogen-bond donors (Lipinski definition) is 0. The second-order valence-electron chi connectivity index (χ2n) is 7.43. The Balaban J connectivity index is 1.41. The second-order valence-corrected chi connectivity index (χ2v) is 8.35. The van der Waals surface area contributed by atoms with Gasteiger partial charge in [-0.25, -0.2) is 0 Å². The van der Waals surface area contributed by atoms with Gasteiger partial charge in [0.25, 0.3) is 0 Å². The molecule has 29 heavy (non-hydrogen) atoms. The van der Waals surface area contributed by atoms with E-state index in [1.165, 1.54) is 0 Å². The van der Waals surface area contributed by atoms with E-state index < -0.39 is 0 Å². The molecular weight excluding hydrogens is 434 g/mol. The molecule has 0 bridgehead atoms. The highest BCUT2D eigenvalue weighted by molar-refractivity contribution is 9.10. The lowest BCUT2D eigenvalue weighted by Gasteiger charge is -2.25. The number of ether oxygens (including phenoxy) is 2. The molecule has 2 aliphatic heterocycles. The number of nitrogens with zero attached hydrogens (tertiary/aromatic N) is 1. The van der Waals surface area contributed by atoms with Gasteiger partial charge in [0.05, 0.1) is 19.3 Å². The number of benzene rings is 2. The summed E-state index contributed by atoms with van der Waals surface area (Å²) >= 11 is 3.37. The van der Waals surface area contributed by atoms with E-state index in [1.807, 2.05) is 35.2 Å². The maximum Gasteiger partial charge on any atom is 0.223 e. The topological polar surface area (TPSA) is 55.8 Å². The lowest BCUT2D eigenvalue weighted by molar-refractivity contribution is -0.132. The van der Waals surface area contributed by atoms with E-state index in [1.54, 1.807) is 12.1 Å². The lowest BCUT2D eigenvalue weighted by Crippen LogP contribution is -2.30. The molecule has 1 amide bonds. The van der Waals surface area contributed by atoms with Gasteiger partial charge >= 0.3 is 0 Å². The first-order valence-electron chi connectivity index (χ1n) is 10.1. The van der Waals surface area contributed by atoms with Crippen molar-refractivity contribution >= 4 is 27.6 Å². The first-order chi connectivity index (χ1) is 14.1. The van der Waals surface area contributed by atoms with Gasteiger partial charge in [0, 0.05) is 35.8 Å². The molecule has 5 nitrogen and oxygen atoms in total. The molecule has 2 aromatic rings. The van der Waals surface area contributed by atoms with Gasteiger partial charge in [-0.05, 0) is 42.7 Å². The highest BCUT2D eigenvalue weighted by atomic mass is 79.9. The lowest BCUT2D eigenvalue weighted by atomic mass is 10.0. The van der Waals surface area contributed by atoms with E-state index in [4.69, 9.17) is 9.47 Å². The number of hydrogen-bond acceptors (Lipinski definition) is 4. The van der Waals surface area contributed by atoms with E-state index in [9.17, 15) is 9.59 Å². The van der Waals surface area contributed by atoms with Crippen LogP contribution >= 0.6 is 15.9 Å². The Morgan fingerprint density at radius 3 is 2.52 bits per heavy atom. The van der Waals surface area contributed by atoms with Crippen LogP contribution in [0, 0.1) is 0 Å². The highest BCUT2D eigenvalue weighted by Crippen LogP contribution is 2.38. The molecule has 1 atom stereocenters. The van der Waals surface area contributed by atoms with Crippen LogP contribution in [-0.4, -0.2) is 36.3 Å². The molecule has 2 heterocycles. The van der Waals surface area contributed by atoms with Crippen LogP contribution in [0.2, 0.25) is 0 Å². The fraction of sp³-hybridized carbons (Fsp3) is 0.391. The van der Waals surface area contributed by atoms with Crippen molar-refractivity contribution in [3.63, 3.8) is 0 Å². The summed E-state index contributed by atoms with van der Waals surface area (Å²) in [5, 5.41) is 0. The zero-order valence-corrected chi connectivity index (χ0v) is 17.8. The summed E-state index contributed by atoms with van der Waals surface area (Å²) in [7, 11) is 0. The van der Waals surface area contributed by atoms with Gasteiger partial charge < -0.3 is 14.4 Å². The summed E-state index contributed by atoms with van der Waals surface area (Å²) in [6.45, 7) is 2.03. The van der Waals surface area contributed by atoms with Crippen molar-refractivity contribution in [2.45, 2.75) is 38.1 Å². The Morgan fingerprint density at radius 2 is 1.72 bits per heavy atom. The number of Topliss-reactive ketones (excluding diaryl/α,β-unsaturated/α-hetero) is 1. The largest absolute Gasteiger partial charge is 0.490 e. The van der Waals surface area contributed by atoms with Gasteiger partial charge in [-0.3, -0.25) is 9.59 Å².